The first-order valence-corrected chi connectivity index (χ1v) is 7.57. The van der Waals surface area contributed by atoms with Crippen LogP contribution in [0.4, 0.5) is 11.5 Å². The Hall–Kier alpha value is -1.91. The van der Waals surface area contributed by atoms with Crippen molar-refractivity contribution in [2.45, 2.75) is 0 Å². The van der Waals surface area contributed by atoms with E-state index >= 15 is 0 Å². The van der Waals surface area contributed by atoms with Crippen LogP contribution < -0.4 is 4.90 Å². The third-order valence-corrected chi connectivity index (χ3v) is 3.80. The number of hydrogen-bond acceptors (Lipinski definition) is 3. The van der Waals surface area contributed by atoms with Gasteiger partial charge in [0, 0.05) is 11.9 Å². The summed E-state index contributed by atoms with van der Waals surface area (Å²) in [5, 5.41) is 11.7. The van der Waals surface area contributed by atoms with E-state index in [1.54, 1.807) is 0 Å². The fourth-order valence-corrected chi connectivity index (χ4v) is 2.78. The maximum absolute atomic E-state index is 9.42. The molecule has 3 aromatic rings. The highest BCUT2D eigenvalue weighted by atomic mass is 79.9. The van der Waals surface area contributed by atoms with Crippen LogP contribution in [0.25, 0.3) is 10.8 Å². The number of aliphatic hydroxyl groups is 1. The third kappa shape index (κ3) is 2.91. The SMILES string of the molecule is OCCN(c1cccc(Br)n1)c1cccc2ccccc12. The molecule has 1 heterocycles. The molecular formula is C17H15BrN2O. The zero-order valence-corrected chi connectivity index (χ0v) is 13.0. The van der Waals surface area contributed by atoms with Crippen molar-refractivity contribution < 1.29 is 5.11 Å². The molecule has 1 aromatic heterocycles. The average molecular weight is 343 g/mol. The lowest BCUT2D eigenvalue weighted by atomic mass is 10.1. The summed E-state index contributed by atoms with van der Waals surface area (Å²) < 4.78 is 0.781. The standard InChI is InChI=1S/C17H15BrN2O/c18-16-9-4-10-17(19-16)20(11-12-21)15-8-3-6-13-5-1-2-7-14(13)15/h1-10,21H,11-12H2. The molecule has 106 valence electrons. The Morgan fingerprint density at radius 3 is 2.52 bits per heavy atom. The maximum atomic E-state index is 9.42. The van der Waals surface area contributed by atoms with E-state index < -0.39 is 0 Å². The van der Waals surface area contributed by atoms with E-state index in [1.165, 1.54) is 5.39 Å². The molecule has 0 saturated heterocycles. The molecule has 3 rings (SSSR count). The van der Waals surface area contributed by atoms with Gasteiger partial charge in [-0.15, -0.1) is 0 Å². The number of aromatic nitrogens is 1. The van der Waals surface area contributed by atoms with Gasteiger partial charge in [0.05, 0.1) is 12.3 Å². The molecular weight excluding hydrogens is 328 g/mol. The number of fused-ring (bicyclic) bond motifs is 1. The summed E-state index contributed by atoms with van der Waals surface area (Å²) in [6, 6.07) is 20.2. The van der Waals surface area contributed by atoms with Crippen LogP contribution in [-0.4, -0.2) is 23.2 Å². The van der Waals surface area contributed by atoms with Crippen LogP contribution in [0.3, 0.4) is 0 Å². The summed E-state index contributed by atoms with van der Waals surface area (Å²) in [4.78, 5) is 6.54. The molecule has 0 aliphatic carbocycles. The van der Waals surface area contributed by atoms with Gasteiger partial charge in [0.25, 0.3) is 0 Å². The molecule has 1 N–H and O–H groups in total. The summed E-state index contributed by atoms with van der Waals surface area (Å²) in [5.74, 6) is 0.815. The molecule has 3 nitrogen and oxygen atoms in total. The van der Waals surface area contributed by atoms with Crippen molar-refractivity contribution in [2.24, 2.45) is 0 Å². The van der Waals surface area contributed by atoms with Crippen LogP contribution in [0, 0.1) is 0 Å². The minimum Gasteiger partial charge on any atom is -0.395 e. The van der Waals surface area contributed by atoms with Crippen molar-refractivity contribution in [3.63, 3.8) is 0 Å². The monoisotopic (exact) mass is 342 g/mol. The minimum atomic E-state index is 0.0669. The molecule has 0 saturated carbocycles. The molecule has 0 aliphatic heterocycles. The second kappa shape index (κ2) is 6.24. The molecule has 0 radical (unpaired) electrons. The average Bonchev–Trinajstić information content (AvgIpc) is 2.52. The van der Waals surface area contributed by atoms with E-state index in [0.717, 1.165) is 21.5 Å². The lowest BCUT2D eigenvalue weighted by Gasteiger charge is -2.24. The van der Waals surface area contributed by atoms with Gasteiger partial charge in [0.15, 0.2) is 0 Å². The predicted molar refractivity (Wildman–Crippen MR) is 90.0 cm³/mol. The molecule has 21 heavy (non-hydrogen) atoms. The first-order valence-electron chi connectivity index (χ1n) is 6.78. The molecule has 2 aromatic carbocycles. The summed E-state index contributed by atoms with van der Waals surface area (Å²) in [5.41, 5.74) is 1.05. The highest BCUT2D eigenvalue weighted by Gasteiger charge is 2.13. The molecule has 0 bridgehead atoms. The lowest BCUT2D eigenvalue weighted by molar-refractivity contribution is 0.305. The van der Waals surface area contributed by atoms with E-state index in [-0.39, 0.29) is 6.61 Å². The summed E-state index contributed by atoms with van der Waals surface area (Å²) in [6.45, 7) is 0.564. The summed E-state index contributed by atoms with van der Waals surface area (Å²) >= 11 is 3.40. The van der Waals surface area contributed by atoms with Crippen molar-refractivity contribution in [3.8, 4) is 0 Å². The number of benzene rings is 2. The molecule has 0 aliphatic rings. The lowest BCUT2D eigenvalue weighted by Crippen LogP contribution is -2.22. The zero-order chi connectivity index (χ0) is 14.7. The Bertz CT molecular complexity index is 755. The molecule has 0 amide bonds. The van der Waals surface area contributed by atoms with Gasteiger partial charge in [-0.05, 0) is 39.5 Å². The quantitative estimate of drug-likeness (QED) is 0.724. The number of halogens is 1. The molecule has 4 heteroatoms. The van der Waals surface area contributed by atoms with Gasteiger partial charge in [0.1, 0.15) is 10.4 Å². The van der Waals surface area contributed by atoms with E-state index in [9.17, 15) is 5.11 Å². The van der Waals surface area contributed by atoms with E-state index in [1.807, 2.05) is 41.3 Å². The van der Waals surface area contributed by atoms with Gasteiger partial charge in [-0.25, -0.2) is 4.98 Å². The number of aliphatic hydroxyl groups excluding tert-OH is 1. The number of nitrogens with zero attached hydrogens (tertiary/aromatic N) is 2. The smallest absolute Gasteiger partial charge is 0.134 e. The number of rotatable bonds is 4. The highest BCUT2D eigenvalue weighted by Crippen LogP contribution is 2.31. The molecule has 0 fully saturated rings. The van der Waals surface area contributed by atoms with Crippen LogP contribution >= 0.6 is 15.9 Å². The van der Waals surface area contributed by atoms with Crippen molar-refractivity contribution in [1.82, 2.24) is 4.98 Å². The van der Waals surface area contributed by atoms with Crippen LogP contribution in [0.2, 0.25) is 0 Å². The predicted octanol–water partition coefficient (Wildman–Crippen LogP) is 4.13. The van der Waals surface area contributed by atoms with E-state index in [0.29, 0.717) is 6.54 Å². The van der Waals surface area contributed by atoms with Gasteiger partial charge in [-0.3, -0.25) is 0 Å². The zero-order valence-electron chi connectivity index (χ0n) is 11.4. The van der Waals surface area contributed by atoms with Crippen molar-refractivity contribution in [2.75, 3.05) is 18.1 Å². The van der Waals surface area contributed by atoms with Gasteiger partial charge in [0.2, 0.25) is 0 Å². The normalized spacial score (nSPS) is 10.8. The first-order chi connectivity index (χ1) is 10.3. The Balaban J connectivity index is 2.16. The van der Waals surface area contributed by atoms with Gasteiger partial charge < -0.3 is 10.0 Å². The number of hydrogen-bond donors (Lipinski definition) is 1. The number of pyridine rings is 1. The van der Waals surface area contributed by atoms with Crippen molar-refractivity contribution in [3.05, 3.63) is 65.3 Å². The maximum Gasteiger partial charge on any atom is 0.134 e. The van der Waals surface area contributed by atoms with Crippen LogP contribution in [0.1, 0.15) is 0 Å². The fraction of sp³-hybridized carbons (Fsp3) is 0.118. The molecule has 0 unspecified atom stereocenters. The molecule has 0 atom stereocenters. The second-order valence-corrected chi connectivity index (χ2v) is 5.50. The van der Waals surface area contributed by atoms with E-state index in [2.05, 4.69) is 45.2 Å². The third-order valence-electron chi connectivity index (χ3n) is 3.36. The first kappa shape index (κ1) is 14.0. The van der Waals surface area contributed by atoms with Gasteiger partial charge >= 0.3 is 0 Å². The van der Waals surface area contributed by atoms with Crippen LogP contribution in [0.5, 0.6) is 0 Å². The Morgan fingerprint density at radius 1 is 0.952 bits per heavy atom. The van der Waals surface area contributed by atoms with Gasteiger partial charge in [-0.1, -0.05) is 42.5 Å². The number of anilines is 2. The van der Waals surface area contributed by atoms with Crippen molar-refractivity contribution >= 4 is 38.2 Å². The Labute approximate surface area is 132 Å². The van der Waals surface area contributed by atoms with E-state index in [4.69, 9.17) is 0 Å². The summed E-state index contributed by atoms with van der Waals surface area (Å²) in [6.07, 6.45) is 0. The fourth-order valence-electron chi connectivity index (χ4n) is 2.45. The minimum absolute atomic E-state index is 0.0669. The summed E-state index contributed by atoms with van der Waals surface area (Å²) in [7, 11) is 0. The molecule has 0 spiro atoms. The Kier molecular flexibility index (Phi) is 4.18. The Morgan fingerprint density at radius 2 is 1.71 bits per heavy atom. The second-order valence-electron chi connectivity index (χ2n) is 4.69. The van der Waals surface area contributed by atoms with Crippen LogP contribution in [-0.2, 0) is 0 Å². The largest absolute Gasteiger partial charge is 0.395 e. The highest BCUT2D eigenvalue weighted by molar-refractivity contribution is 9.10. The van der Waals surface area contributed by atoms with Crippen LogP contribution in [0.15, 0.2) is 65.3 Å². The topological polar surface area (TPSA) is 36.4 Å². The van der Waals surface area contributed by atoms with Gasteiger partial charge in [-0.2, -0.15) is 0 Å². The van der Waals surface area contributed by atoms with Crippen molar-refractivity contribution in [1.29, 1.82) is 0 Å².